The zero-order chi connectivity index (χ0) is 44.9. The third-order valence-electron chi connectivity index (χ3n) is 12.6. The van der Waals surface area contributed by atoms with Crippen LogP contribution in [0.4, 0.5) is 4.79 Å². The molecule has 0 spiro atoms. The Bertz CT molecular complexity index is 2220. The Kier molecular flexibility index (Phi) is 17.8. The summed E-state index contributed by atoms with van der Waals surface area (Å²) >= 11 is 0. The highest BCUT2D eigenvalue weighted by Crippen LogP contribution is 2.45. The van der Waals surface area contributed by atoms with Crippen LogP contribution in [0.3, 0.4) is 0 Å². The molecule has 0 aliphatic heterocycles. The Morgan fingerprint density at radius 1 is 0.569 bits per heavy atom. The number of esters is 1. The lowest BCUT2D eigenvalue weighted by Crippen LogP contribution is -2.49. The van der Waals surface area contributed by atoms with Crippen LogP contribution < -0.4 is 5.32 Å². The van der Waals surface area contributed by atoms with Gasteiger partial charge in [0.25, 0.3) is 0 Å². The van der Waals surface area contributed by atoms with E-state index in [0.717, 1.165) is 58.2 Å². The first-order valence-corrected chi connectivity index (χ1v) is 23.9. The number of rotatable bonds is 25. The van der Waals surface area contributed by atoms with Gasteiger partial charge in [0.15, 0.2) is 0 Å². The molecule has 0 saturated heterocycles. The number of benzene rings is 6. The molecule has 0 bridgehead atoms. The largest absolute Gasteiger partial charge is 0.452 e. The summed E-state index contributed by atoms with van der Waals surface area (Å²) < 4.78 is 19.8. The Morgan fingerprint density at radius 2 is 1.02 bits per heavy atom. The summed E-state index contributed by atoms with van der Waals surface area (Å²) in [5.74, 6) is -0.614. The highest BCUT2D eigenvalue weighted by atomic mass is 16.6. The molecule has 1 aliphatic rings. The number of hydrogen-bond donors (Lipinski definition) is 1. The van der Waals surface area contributed by atoms with Crippen molar-refractivity contribution in [1.82, 2.24) is 5.32 Å². The van der Waals surface area contributed by atoms with Crippen molar-refractivity contribution >= 4 is 12.1 Å². The second kappa shape index (κ2) is 24.7. The van der Waals surface area contributed by atoms with Gasteiger partial charge in [-0.1, -0.05) is 235 Å². The molecule has 0 heterocycles. The van der Waals surface area contributed by atoms with Gasteiger partial charge in [-0.25, -0.2) is 9.59 Å². The van der Waals surface area contributed by atoms with Gasteiger partial charge < -0.3 is 19.5 Å². The molecule has 2 unspecified atom stereocenters. The van der Waals surface area contributed by atoms with Crippen LogP contribution in [0, 0.1) is 0 Å². The van der Waals surface area contributed by atoms with Crippen LogP contribution in [0.25, 0.3) is 11.1 Å². The van der Waals surface area contributed by atoms with Crippen LogP contribution in [0.1, 0.15) is 128 Å². The number of unbranched alkanes of at least 4 members (excludes halogenated alkanes) is 11. The van der Waals surface area contributed by atoms with Crippen LogP contribution in [0.2, 0.25) is 0 Å². The third kappa shape index (κ3) is 12.5. The number of allylic oxidation sites excluding steroid dienone is 1. The quantitative estimate of drug-likeness (QED) is 0.0268. The first kappa shape index (κ1) is 46.7. The highest BCUT2D eigenvalue weighted by molar-refractivity contribution is 5.89. The second-order valence-corrected chi connectivity index (χ2v) is 17.2. The molecular weight excluding hydrogens is 803 g/mol. The lowest BCUT2D eigenvalue weighted by atomic mass is 9.80. The maximum absolute atomic E-state index is 14.3. The number of amides is 1. The van der Waals surface area contributed by atoms with Gasteiger partial charge in [0, 0.05) is 5.92 Å². The van der Waals surface area contributed by atoms with E-state index in [1.165, 1.54) is 57.8 Å². The minimum atomic E-state index is -1.09. The van der Waals surface area contributed by atoms with Gasteiger partial charge in [-0.2, -0.15) is 0 Å². The standard InChI is InChI=1S/C59H65NO5/c1-2-3-4-5-6-7-8-9-10-11-12-13-26-43-56(65-57(61)46-31-18-14-19-32-46)55(60-58(62)63-44-54-52-41-29-27-39-50(52)51-40-28-30-42-53(51)54)45-64-59(47-33-20-15-21-34-47,48-35-22-16-23-36-48)49-37-24-17-25-38-49/h14-43,54-56H,2-13,44-45H2,1H3,(H,60,62)/b43-26+. The van der Waals surface area contributed by atoms with E-state index in [2.05, 4.69) is 79.0 Å². The molecule has 336 valence electrons. The summed E-state index contributed by atoms with van der Waals surface area (Å²) in [6, 6.07) is 55.1. The van der Waals surface area contributed by atoms with Crippen molar-refractivity contribution < 1.29 is 23.8 Å². The number of fused-ring (bicyclic) bond motifs is 3. The third-order valence-corrected chi connectivity index (χ3v) is 12.6. The molecule has 0 aromatic heterocycles. The predicted molar refractivity (Wildman–Crippen MR) is 263 cm³/mol. The molecule has 6 heteroatoms. The highest BCUT2D eigenvalue weighted by Gasteiger charge is 2.40. The molecule has 1 aliphatic carbocycles. The molecular formula is C59H65NO5. The van der Waals surface area contributed by atoms with E-state index in [0.29, 0.717) is 5.56 Å². The minimum Gasteiger partial charge on any atom is -0.452 e. The molecule has 2 atom stereocenters. The van der Waals surface area contributed by atoms with Gasteiger partial charge in [0.05, 0.1) is 18.2 Å². The molecule has 6 nitrogen and oxygen atoms in total. The summed E-state index contributed by atoms with van der Waals surface area (Å²) in [5.41, 5.74) is 6.64. The van der Waals surface area contributed by atoms with E-state index in [1.807, 2.05) is 103 Å². The number of nitrogens with one attached hydrogen (secondary N) is 1. The fourth-order valence-electron chi connectivity index (χ4n) is 9.17. The number of ether oxygens (including phenoxy) is 3. The summed E-state index contributed by atoms with van der Waals surface area (Å²) in [6.07, 6.45) is 17.2. The molecule has 1 amide bonds. The normalized spacial score (nSPS) is 13.2. The Labute approximate surface area is 387 Å². The van der Waals surface area contributed by atoms with Crippen LogP contribution >= 0.6 is 0 Å². The molecule has 7 rings (SSSR count). The van der Waals surface area contributed by atoms with Crippen molar-refractivity contribution in [2.75, 3.05) is 13.2 Å². The van der Waals surface area contributed by atoms with Gasteiger partial charge in [0.2, 0.25) is 0 Å². The van der Waals surface area contributed by atoms with Crippen molar-refractivity contribution in [3.8, 4) is 11.1 Å². The summed E-state index contributed by atoms with van der Waals surface area (Å²) in [5, 5.41) is 3.15. The van der Waals surface area contributed by atoms with Gasteiger partial charge in [-0.15, -0.1) is 0 Å². The first-order valence-electron chi connectivity index (χ1n) is 23.9. The minimum absolute atomic E-state index is 0.0294. The van der Waals surface area contributed by atoms with Crippen molar-refractivity contribution in [3.63, 3.8) is 0 Å². The van der Waals surface area contributed by atoms with Crippen LogP contribution in [-0.4, -0.2) is 37.4 Å². The summed E-state index contributed by atoms with van der Waals surface area (Å²) in [4.78, 5) is 28.2. The Hall–Kier alpha value is -6.24. The van der Waals surface area contributed by atoms with Crippen LogP contribution in [-0.2, 0) is 19.8 Å². The van der Waals surface area contributed by atoms with Crippen molar-refractivity contribution in [2.45, 2.75) is 108 Å². The molecule has 1 N–H and O–H groups in total. The van der Waals surface area contributed by atoms with Crippen molar-refractivity contribution in [2.24, 2.45) is 0 Å². The number of carbonyl (C=O) groups is 2. The van der Waals surface area contributed by atoms with Gasteiger partial charge in [-0.3, -0.25) is 0 Å². The van der Waals surface area contributed by atoms with E-state index in [4.69, 9.17) is 14.2 Å². The fraction of sp³-hybridized carbons (Fsp3) is 0.322. The average molecular weight is 868 g/mol. The average Bonchev–Trinajstić information content (AvgIpc) is 3.68. The van der Waals surface area contributed by atoms with Crippen LogP contribution in [0.15, 0.2) is 182 Å². The molecule has 0 fully saturated rings. The van der Waals surface area contributed by atoms with Gasteiger partial charge >= 0.3 is 12.1 Å². The zero-order valence-electron chi connectivity index (χ0n) is 38.0. The maximum atomic E-state index is 14.3. The molecule has 6 aromatic rings. The second-order valence-electron chi connectivity index (χ2n) is 17.2. The van der Waals surface area contributed by atoms with E-state index >= 15 is 0 Å². The van der Waals surface area contributed by atoms with Crippen molar-refractivity contribution in [3.05, 3.63) is 215 Å². The van der Waals surface area contributed by atoms with E-state index in [-0.39, 0.29) is 19.1 Å². The SMILES string of the molecule is CCCCCCCCCCCCC/C=C/C(OC(=O)c1ccccc1)C(COC(c1ccccc1)(c1ccccc1)c1ccccc1)NC(=O)OCC1c2ccccc2-c2ccccc21. The van der Waals surface area contributed by atoms with E-state index in [1.54, 1.807) is 12.1 Å². The smallest absolute Gasteiger partial charge is 0.407 e. The fourth-order valence-corrected chi connectivity index (χ4v) is 9.17. The Balaban J connectivity index is 1.15. The van der Waals surface area contributed by atoms with Gasteiger partial charge in [0.1, 0.15) is 18.3 Å². The number of hydrogen-bond acceptors (Lipinski definition) is 5. The van der Waals surface area contributed by atoms with Gasteiger partial charge in [-0.05, 0) is 70.0 Å². The zero-order valence-corrected chi connectivity index (χ0v) is 38.0. The van der Waals surface area contributed by atoms with Crippen LogP contribution in [0.5, 0.6) is 0 Å². The Morgan fingerprint density at radius 3 is 1.52 bits per heavy atom. The monoisotopic (exact) mass is 867 g/mol. The molecule has 0 radical (unpaired) electrons. The van der Waals surface area contributed by atoms with E-state index < -0.39 is 29.8 Å². The lowest BCUT2D eigenvalue weighted by Gasteiger charge is -2.38. The molecule has 6 aromatic carbocycles. The topological polar surface area (TPSA) is 73.9 Å². The molecule has 0 saturated carbocycles. The first-order chi connectivity index (χ1) is 32.1. The number of carbonyl (C=O) groups excluding carboxylic acids is 2. The predicted octanol–water partition coefficient (Wildman–Crippen LogP) is 14.4. The lowest BCUT2D eigenvalue weighted by molar-refractivity contribution is -0.0244. The summed E-state index contributed by atoms with van der Waals surface area (Å²) in [6.45, 7) is 2.37. The van der Waals surface area contributed by atoms with Crippen molar-refractivity contribution in [1.29, 1.82) is 0 Å². The molecule has 65 heavy (non-hydrogen) atoms. The maximum Gasteiger partial charge on any atom is 0.407 e. The van der Waals surface area contributed by atoms with E-state index in [9.17, 15) is 9.59 Å². The number of alkyl carbamates (subject to hydrolysis) is 1. The summed E-state index contributed by atoms with van der Waals surface area (Å²) in [7, 11) is 0.